The van der Waals surface area contributed by atoms with Crippen molar-refractivity contribution in [1.29, 1.82) is 0 Å². The summed E-state index contributed by atoms with van der Waals surface area (Å²) in [5.41, 5.74) is -0.802. The summed E-state index contributed by atoms with van der Waals surface area (Å²) in [6.07, 6.45) is 0.277. The number of carbonyl (C=O) groups excluding carboxylic acids is 1. The molecule has 2 unspecified atom stereocenters. The Balaban J connectivity index is 2.31. The standard InChI is InChI=1S/C13H13FN2O5/c1-7-9(13(18)19)4-5-15(7)12(17)10-6-8(16(20)21)2-3-11(10)14/h2-3,6-7,9H,4-5H2,1H3,(H,18,19). The first-order chi connectivity index (χ1) is 9.82. The third-order valence-electron chi connectivity index (χ3n) is 3.72. The molecule has 0 spiro atoms. The van der Waals surface area contributed by atoms with Crippen LogP contribution in [-0.2, 0) is 4.79 Å². The topological polar surface area (TPSA) is 101 Å². The average Bonchev–Trinajstić information content (AvgIpc) is 2.80. The molecule has 1 heterocycles. The number of nitro benzene ring substituents is 1. The summed E-state index contributed by atoms with van der Waals surface area (Å²) >= 11 is 0. The highest BCUT2D eigenvalue weighted by molar-refractivity contribution is 5.96. The highest BCUT2D eigenvalue weighted by Gasteiger charge is 2.39. The number of nitro groups is 1. The number of amides is 1. The number of carboxylic acids is 1. The van der Waals surface area contributed by atoms with E-state index in [2.05, 4.69) is 0 Å². The van der Waals surface area contributed by atoms with E-state index in [0.29, 0.717) is 0 Å². The number of nitrogens with zero attached hydrogens (tertiary/aromatic N) is 2. The molecule has 1 N–H and O–H groups in total. The van der Waals surface area contributed by atoms with E-state index in [0.717, 1.165) is 18.2 Å². The molecule has 1 saturated heterocycles. The van der Waals surface area contributed by atoms with Crippen molar-refractivity contribution in [2.24, 2.45) is 5.92 Å². The molecule has 1 aliphatic heterocycles. The Morgan fingerprint density at radius 1 is 1.48 bits per heavy atom. The van der Waals surface area contributed by atoms with E-state index >= 15 is 0 Å². The Hall–Kier alpha value is -2.51. The predicted octanol–water partition coefficient (Wildman–Crippen LogP) is 1.67. The summed E-state index contributed by atoms with van der Waals surface area (Å²) in [6.45, 7) is 1.75. The maximum atomic E-state index is 13.7. The molecule has 0 aromatic heterocycles. The molecule has 112 valence electrons. The smallest absolute Gasteiger partial charge is 0.308 e. The van der Waals surface area contributed by atoms with Gasteiger partial charge in [-0.15, -0.1) is 0 Å². The van der Waals surface area contributed by atoms with Crippen molar-refractivity contribution in [1.82, 2.24) is 4.90 Å². The molecule has 2 rings (SSSR count). The Kier molecular flexibility index (Phi) is 3.88. The summed E-state index contributed by atoms with van der Waals surface area (Å²) in [4.78, 5) is 34.5. The maximum Gasteiger partial charge on any atom is 0.308 e. The molecule has 0 bridgehead atoms. The van der Waals surface area contributed by atoms with E-state index in [4.69, 9.17) is 5.11 Å². The molecule has 1 amide bonds. The number of hydrogen-bond donors (Lipinski definition) is 1. The Labute approximate surface area is 119 Å². The second-order valence-electron chi connectivity index (χ2n) is 4.89. The first-order valence-electron chi connectivity index (χ1n) is 6.30. The number of benzene rings is 1. The molecule has 1 fully saturated rings. The molecular weight excluding hydrogens is 283 g/mol. The summed E-state index contributed by atoms with van der Waals surface area (Å²) < 4.78 is 13.7. The van der Waals surface area contributed by atoms with Crippen molar-refractivity contribution in [3.05, 3.63) is 39.7 Å². The second kappa shape index (κ2) is 5.47. The van der Waals surface area contributed by atoms with Gasteiger partial charge in [0.2, 0.25) is 0 Å². The second-order valence-corrected chi connectivity index (χ2v) is 4.89. The Morgan fingerprint density at radius 3 is 2.67 bits per heavy atom. The number of likely N-dealkylation sites (tertiary alicyclic amines) is 1. The van der Waals surface area contributed by atoms with Crippen LogP contribution < -0.4 is 0 Å². The minimum Gasteiger partial charge on any atom is -0.481 e. The highest BCUT2D eigenvalue weighted by atomic mass is 19.1. The lowest BCUT2D eigenvalue weighted by Gasteiger charge is -2.23. The van der Waals surface area contributed by atoms with Crippen LogP contribution in [0.1, 0.15) is 23.7 Å². The van der Waals surface area contributed by atoms with Gasteiger partial charge in [0.1, 0.15) is 5.82 Å². The van der Waals surface area contributed by atoms with Gasteiger partial charge in [0, 0.05) is 24.7 Å². The molecule has 7 nitrogen and oxygen atoms in total. The van der Waals surface area contributed by atoms with Gasteiger partial charge in [0.15, 0.2) is 0 Å². The van der Waals surface area contributed by atoms with Gasteiger partial charge in [-0.3, -0.25) is 19.7 Å². The molecule has 1 aromatic carbocycles. The molecule has 0 radical (unpaired) electrons. The van der Waals surface area contributed by atoms with Gasteiger partial charge in [-0.05, 0) is 19.4 Å². The van der Waals surface area contributed by atoms with Crippen molar-refractivity contribution >= 4 is 17.6 Å². The van der Waals surface area contributed by atoms with E-state index in [1.807, 2.05) is 0 Å². The van der Waals surface area contributed by atoms with Gasteiger partial charge in [0.25, 0.3) is 11.6 Å². The number of halogens is 1. The van der Waals surface area contributed by atoms with Crippen molar-refractivity contribution in [2.45, 2.75) is 19.4 Å². The van der Waals surface area contributed by atoms with Crippen LogP contribution in [0.4, 0.5) is 10.1 Å². The average molecular weight is 296 g/mol. The van der Waals surface area contributed by atoms with Crippen LogP contribution in [0.2, 0.25) is 0 Å². The summed E-state index contributed by atoms with van der Waals surface area (Å²) in [5, 5.41) is 19.7. The summed E-state index contributed by atoms with van der Waals surface area (Å²) in [5.74, 6) is -3.32. The third kappa shape index (κ3) is 2.69. The normalized spacial score (nSPS) is 21.3. The van der Waals surface area contributed by atoms with Gasteiger partial charge in [-0.2, -0.15) is 0 Å². The van der Waals surface area contributed by atoms with Crippen LogP contribution in [0.3, 0.4) is 0 Å². The van der Waals surface area contributed by atoms with E-state index in [9.17, 15) is 24.1 Å². The van der Waals surface area contributed by atoms with Gasteiger partial charge in [-0.1, -0.05) is 0 Å². The summed E-state index contributed by atoms with van der Waals surface area (Å²) in [6, 6.07) is 2.12. The number of carboxylic acid groups (broad SMARTS) is 1. The van der Waals surface area contributed by atoms with Crippen LogP contribution >= 0.6 is 0 Å². The number of hydrogen-bond acceptors (Lipinski definition) is 4. The molecule has 1 aromatic rings. The maximum absolute atomic E-state index is 13.7. The lowest BCUT2D eigenvalue weighted by Crippen LogP contribution is -2.38. The van der Waals surface area contributed by atoms with E-state index in [1.165, 1.54) is 4.90 Å². The van der Waals surface area contributed by atoms with Crippen molar-refractivity contribution in [2.75, 3.05) is 6.54 Å². The van der Waals surface area contributed by atoms with E-state index in [1.54, 1.807) is 6.92 Å². The van der Waals surface area contributed by atoms with Gasteiger partial charge in [0.05, 0.1) is 16.4 Å². The number of non-ortho nitro benzene ring substituents is 1. The fraction of sp³-hybridized carbons (Fsp3) is 0.385. The first kappa shape index (κ1) is 14.9. The number of aliphatic carboxylic acids is 1. The lowest BCUT2D eigenvalue weighted by molar-refractivity contribution is -0.384. The van der Waals surface area contributed by atoms with Gasteiger partial charge >= 0.3 is 5.97 Å². The van der Waals surface area contributed by atoms with Crippen LogP contribution in [0.25, 0.3) is 0 Å². The Morgan fingerprint density at radius 2 is 2.14 bits per heavy atom. The van der Waals surface area contributed by atoms with Crippen molar-refractivity contribution < 1.29 is 24.0 Å². The Bertz CT molecular complexity index is 619. The molecule has 2 atom stereocenters. The van der Waals surface area contributed by atoms with E-state index < -0.39 is 40.1 Å². The minimum atomic E-state index is -1.02. The zero-order chi connectivity index (χ0) is 15.7. The molecule has 0 saturated carbocycles. The first-order valence-corrected chi connectivity index (χ1v) is 6.30. The minimum absolute atomic E-state index is 0.180. The fourth-order valence-electron chi connectivity index (χ4n) is 2.50. The van der Waals surface area contributed by atoms with Gasteiger partial charge < -0.3 is 10.0 Å². The molecule has 1 aliphatic rings. The van der Waals surface area contributed by atoms with Crippen LogP contribution in [0.5, 0.6) is 0 Å². The van der Waals surface area contributed by atoms with Crippen LogP contribution in [0, 0.1) is 21.8 Å². The molecular formula is C13H13FN2O5. The quantitative estimate of drug-likeness (QED) is 0.675. The number of carbonyl (C=O) groups is 2. The van der Waals surface area contributed by atoms with Gasteiger partial charge in [-0.25, -0.2) is 4.39 Å². The van der Waals surface area contributed by atoms with Crippen LogP contribution in [-0.4, -0.2) is 39.4 Å². The molecule has 21 heavy (non-hydrogen) atoms. The van der Waals surface area contributed by atoms with Crippen molar-refractivity contribution in [3.8, 4) is 0 Å². The fourth-order valence-corrected chi connectivity index (χ4v) is 2.50. The SMILES string of the molecule is CC1C(C(=O)O)CCN1C(=O)c1cc([N+](=O)[O-])ccc1F. The highest BCUT2D eigenvalue weighted by Crippen LogP contribution is 2.27. The largest absolute Gasteiger partial charge is 0.481 e. The summed E-state index contributed by atoms with van der Waals surface area (Å²) in [7, 11) is 0. The van der Waals surface area contributed by atoms with Crippen molar-refractivity contribution in [3.63, 3.8) is 0 Å². The zero-order valence-corrected chi connectivity index (χ0v) is 11.2. The monoisotopic (exact) mass is 296 g/mol. The lowest BCUT2D eigenvalue weighted by atomic mass is 10.0. The molecule has 8 heteroatoms. The predicted molar refractivity (Wildman–Crippen MR) is 69.3 cm³/mol. The number of rotatable bonds is 3. The van der Waals surface area contributed by atoms with E-state index in [-0.39, 0.29) is 18.7 Å². The third-order valence-corrected chi connectivity index (χ3v) is 3.72. The van der Waals surface area contributed by atoms with Crippen LogP contribution in [0.15, 0.2) is 18.2 Å². The molecule has 0 aliphatic carbocycles. The zero-order valence-electron chi connectivity index (χ0n) is 11.2.